The molecule has 0 radical (unpaired) electrons. The minimum Gasteiger partial charge on any atom is -0.346 e. The number of hydrogen-bond acceptors (Lipinski definition) is 4. The van der Waals surface area contributed by atoms with Gasteiger partial charge in [-0.15, -0.1) is 11.3 Å². The maximum atomic E-state index is 12.8. The third-order valence-electron chi connectivity index (χ3n) is 5.17. The molecular weight excluding hydrogens is 394 g/mol. The molecule has 7 heteroatoms. The molecule has 2 heterocycles. The number of rotatable bonds is 6. The van der Waals surface area contributed by atoms with Gasteiger partial charge in [-0.25, -0.2) is 4.98 Å². The fraction of sp³-hybridized carbons (Fsp3) is 0.476. The summed E-state index contributed by atoms with van der Waals surface area (Å²) in [6.07, 6.45) is 3.54. The molecule has 2 aromatic rings. The minimum absolute atomic E-state index is 0.0194. The van der Waals surface area contributed by atoms with E-state index in [-0.39, 0.29) is 17.7 Å². The summed E-state index contributed by atoms with van der Waals surface area (Å²) in [4.78, 5) is 33.5. The Kier molecular flexibility index (Phi) is 7.08. The average Bonchev–Trinajstić information content (AvgIpc) is 3.21. The third-order valence-corrected chi connectivity index (χ3v) is 6.31. The molecule has 28 heavy (non-hydrogen) atoms. The lowest BCUT2D eigenvalue weighted by Crippen LogP contribution is -2.43. The Bertz CT molecular complexity index is 813. The van der Waals surface area contributed by atoms with Gasteiger partial charge in [-0.3, -0.25) is 9.59 Å². The van der Waals surface area contributed by atoms with Crippen LogP contribution in [0.3, 0.4) is 0 Å². The minimum atomic E-state index is -0.0540. The number of likely N-dealkylation sites (tertiary alicyclic amines) is 1. The van der Waals surface area contributed by atoms with Gasteiger partial charge in [-0.05, 0) is 31.4 Å². The van der Waals surface area contributed by atoms with Gasteiger partial charge in [0.25, 0.3) is 5.91 Å². The molecule has 150 valence electrons. The van der Waals surface area contributed by atoms with Crippen LogP contribution in [-0.4, -0.2) is 53.3 Å². The van der Waals surface area contributed by atoms with Gasteiger partial charge in [0, 0.05) is 48.6 Å². The maximum absolute atomic E-state index is 12.8. The second kappa shape index (κ2) is 9.52. The first kappa shape index (κ1) is 20.8. The number of benzene rings is 1. The average molecular weight is 420 g/mol. The van der Waals surface area contributed by atoms with E-state index in [2.05, 4.69) is 11.9 Å². The van der Waals surface area contributed by atoms with E-state index in [1.165, 1.54) is 11.3 Å². The Morgan fingerprint density at radius 1 is 1.25 bits per heavy atom. The van der Waals surface area contributed by atoms with Gasteiger partial charge >= 0.3 is 0 Å². The van der Waals surface area contributed by atoms with Crippen LogP contribution in [0.15, 0.2) is 29.6 Å². The molecule has 0 unspecified atom stereocenters. The lowest BCUT2D eigenvalue weighted by Gasteiger charge is -2.33. The monoisotopic (exact) mass is 419 g/mol. The van der Waals surface area contributed by atoms with E-state index in [1.54, 1.807) is 0 Å². The van der Waals surface area contributed by atoms with Crippen molar-refractivity contribution in [1.82, 2.24) is 14.8 Å². The molecule has 1 aromatic heterocycles. The molecule has 5 nitrogen and oxygen atoms in total. The number of carbonyl (C=O) groups is 2. The second-order valence-corrected chi connectivity index (χ2v) is 8.52. The summed E-state index contributed by atoms with van der Waals surface area (Å²) in [6.45, 7) is 4.13. The van der Waals surface area contributed by atoms with Crippen molar-refractivity contribution in [2.24, 2.45) is 5.92 Å². The summed E-state index contributed by atoms with van der Waals surface area (Å²) >= 11 is 7.39. The molecule has 0 N–H and O–H groups in total. The van der Waals surface area contributed by atoms with Crippen LogP contribution in [0, 0.1) is 5.92 Å². The molecule has 1 aliphatic rings. The molecule has 0 bridgehead atoms. The number of hydrogen-bond donors (Lipinski definition) is 0. The van der Waals surface area contributed by atoms with Crippen LogP contribution < -0.4 is 0 Å². The normalized spacial score (nSPS) is 14.9. The van der Waals surface area contributed by atoms with Gasteiger partial charge in [0.1, 0.15) is 10.7 Å². The topological polar surface area (TPSA) is 53.5 Å². The number of unbranched alkanes of at least 4 members (excludes halogenated alkanes) is 1. The highest BCUT2D eigenvalue weighted by Gasteiger charge is 2.30. The predicted molar refractivity (Wildman–Crippen MR) is 114 cm³/mol. The Morgan fingerprint density at radius 2 is 1.93 bits per heavy atom. The first-order valence-electron chi connectivity index (χ1n) is 9.75. The Labute approximate surface area is 175 Å². The maximum Gasteiger partial charge on any atom is 0.273 e. The third kappa shape index (κ3) is 4.92. The van der Waals surface area contributed by atoms with E-state index in [9.17, 15) is 9.59 Å². The molecule has 0 saturated carbocycles. The van der Waals surface area contributed by atoms with E-state index in [0.717, 1.165) is 42.8 Å². The van der Waals surface area contributed by atoms with Crippen molar-refractivity contribution in [3.05, 3.63) is 40.4 Å². The Hall–Kier alpha value is -1.92. The lowest BCUT2D eigenvalue weighted by molar-refractivity contribution is -0.135. The molecule has 1 aromatic carbocycles. The van der Waals surface area contributed by atoms with E-state index < -0.39 is 0 Å². The van der Waals surface area contributed by atoms with Gasteiger partial charge in [0.15, 0.2) is 0 Å². The van der Waals surface area contributed by atoms with Crippen LogP contribution in [0.25, 0.3) is 10.6 Å². The molecular formula is C21H26ClN3O2S. The van der Waals surface area contributed by atoms with Crippen LogP contribution in [-0.2, 0) is 4.79 Å². The molecule has 0 aliphatic carbocycles. The quantitative estimate of drug-likeness (QED) is 0.688. The highest BCUT2D eigenvalue weighted by atomic mass is 35.5. The summed E-state index contributed by atoms with van der Waals surface area (Å²) in [5.74, 6) is 0.173. The highest BCUT2D eigenvalue weighted by Crippen LogP contribution is 2.27. The van der Waals surface area contributed by atoms with Crippen LogP contribution in [0.4, 0.5) is 0 Å². The summed E-state index contributed by atoms with van der Waals surface area (Å²) in [6, 6.07) is 7.45. The van der Waals surface area contributed by atoms with Gasteiger partial charge in [-0.1, -0.05) is 37.1 Å². The van der Waals surface area contributed by atoms with Crippen molar-refractivity contribution >= 4 is 34.8 Å². The number of piperidine rings is 1. The van der Waals surface area contributed by atoms with Crippen LogP contribution in [0.1, 0.15) is 43.1 Å². The first-order chi connectivity index (χ1) is 13.5. The number of aromatic nitrogens is 1. The number of nitrogens with zero attached hydrogens (tertiary/aromatic N) is 3. The second-order valence-electron chi connectivity index (χ2n) is 7.22. The number of thiazole rings is 1. The molecule has 3 rings (SSSR count). The van der Waals surface area contributed by atoms with Gasteiger partial charge in [0.2, 0.25) is 5.91 Å². The largest absolute Gasteiger partial charge is 0.346 e. The molecule has 1 fully saturated rings. The Balaban J connectivity index is 1.57. The van der Waals surface area contributed by atoms with Crippen molar-refractivity contribution in [3.63, 3.8) is 0 Å². The molecule has 2 amide bonds. The van der Waals surface area contributed by atoms with Gasteiger partial charge in [-0.2, -0.15) is 0 Å². The Morgan fingerprint density at radius 3 is 2.57 bits per heavy atom. The zero-order chi connectivity index (χ0) is 20.1. The highest BCUT2D eigenvalue weighted by molar-refractivity contribution is 7.13. The van der Waals surface area contributed by atoms with Gasteiger partial charge < -0.3 is 9.80 Å². The summed E-state index contributed by atoms with van der Waals surface area (Å²) < 4.78 is 0. The smallest absolute Gasteiger partial charge is 0.273 e. The fourth-order valence-electron chi connectivity index (χ4n) is 3.41. The van der Waals surface area contributed by atoms with Crippen LogP contribution in [0.5, 0.6) is 0 Å². The van der Waals surface area contributed by atoms with Crippen LogP contribution >= 0.6 is 22.9 Å². The standard InChI is InChI=1S/C21H26ClN3O2S/c1-3-4-11-24(2)20(26)16-9-12-25(13-10-16)21(27)18-14-28-19(23-18)15-5-7-17(22)8-6-15/h5-8,14,16H,3-4,9-13H2,1-2H3. The zero-order valence-corrected chi connectivity index (χ0v) is 17.9. The first-order valence-corrected chi connectivity index (χ1v) is 11.0. The summed E-state index contributed by atoms with van der Waals surface area (Å²) in [7, 11) is 1.88. The number of amides is 2. The lowest BCUT2D eigenvalue weighted by atomic mass is 9.95. The molecule has 1 aliphatic heterocycles. The summed E-state index contributed by atoms with van der Waals surface area (Å²) in [5.41, 5.74) is 1.42. The zero-order valence-electron chi connectivity index (χ0n) is 16.4. The number of carbonyl (C=O) groups excluding carboxylic acids is 2. The van der Waals surface area contributed by atoms with E-state index in [0.29, 0.717) is 23.8 Å². The van der Waals surface area contributed by atoms with Crippen LogP contribution in [0.2, 0.25) is 5.02 Å². The van der Waals surface area contributed by atoms with Crippen molar-refractivity contribution < 1.29 is 9.59 Å². The molecule has 0 atom stereocenters. The van der Waals surface area contributed by atoms with Crippen molar-refractivity contribution in [2.75, 3.05) is 26.7 Å². The van der Waals surface area contributed by atoms with E-state index in [4.69, 9.17) is 11.6 Å². The SMILES string of the molecule is CCCCN(C)C(=O)C1CCN(C(=O)c2csc(-c3ccc(Cl)cc3)n2)CC1. The van der Waals surface area contributed by atoms with Gasteiger partial charge in [0.05, 0.1) is 0 Å². The fourth-order valence-corrected chi connectivity index (χ4v) is 4.33. The van der Waals surface area contributed by atoms with Crippen molar-refractivity contribution in [1.29, 1.82) is 0 Å². The van der Waals surface area contributed by atoms with E-state index in [1.807, 2.05) is 46.5 Å². The molecule has 0 spiro atoms. The molecule has 1 saturated heterocycles. The predicted octanol–water partition coefficient (Wildman–Crippen LogP) is 4.57. The van der Waals surface area contributed by atoms with Crippen molar-refractivity contribution in [2.45, 2.75) is 32.6 Å². The summed E-state index contributed by atoms with van der Waals surface area (Å²) in [5, 5.41) is 3.29. The number of halogens is 1. The van der Waals surface area contributed by atoms with Crippen molar-refractivity contribution in [3.8, 4) is 10.6 Å². The van der Waals surface area contributed by atoms with E-state index >= 15 is 0 Å².